The number of amides is 1. The number of nitro benzene ring substituents is 1. The Kier molecular flexibility index (Phi) is 4.99. The van der Waals surface area contributed by atoms with E-state index >= 15 is 0 Å². The fraction of sp³-hybridized carbons (Fsp3) is 0.588. The van der Waals surface area contributed by atoms with E-state index in [1.54, 1.807) is 19.2 Å². The largest absolute Gasteiger partial charge is 0.383 e. The molecule has 0 aliphatic carbocycles. The third-order valence-corrected chi connectivity index (χ3v) is 4.98. The van der Waals surface area contributed by atoms with Crippen molar-refractivity contribution < 1.29 is 14.5 Å². The van der Waals surface area contributed by atoms with E-state index in [0.717, 1.165) is 37.1 Å². The Morgan fingerprint density at radius 1 is 1.46 bits per heavy atom. The van der Waals surface area contributed by atoms with Gasteiger partial charge in [-0.25, -0.2) is 0 Å². The molecule has 1 aromatic carbocycles. The number of non-ortho nitro benzene ring substituents is 1. The van der Waals surface area contributed by atoms with Crippen LogP contribution in [0.1, 0.15) is 24.8 Å². The van der Waals surface area contributed by atoms with Crippen LogP contribution in [0, 0.1) is 16.0 Å². The van der Waals surface area contributed by atoms with Gasteiger partial charge in [0.15, 0.2) is 0 Å². The van der Waals surface area contributed by atoms with Crippen LogP contribution in [-0.2, 0) is 16.0 Å². The first-order valence-electron chi connectivity index (χ1n) is 8.42. The number of hydrogen-bond donors (Lipinski definition) is 1. The zero-order valence-electron chi connectivity index (χ0n) is 13.9. The van der Waals surface area contributed by atoms with Crippen molar-refractivity contribution in [3.8, 4) is 0 Å². The summed E-state index contributed by atoms with van der Waals surface area (Å²) in [6.07, 6.45) is 3.74. The maximum Gasteiger partial charge on any atom is 0.269 e. The number of nitro groups is 1. The van der Waals surface area contributed by atoms with Gasteiger partial charge in [-0.15, -0.1) is 0 Å². The Balaban J connectivity index is 1.87. The standard InChI is InChI=1S/C17H23N3O4/c1-24-9-7-18-17(21)14-11-12-10-13(20(22)23)5-6-15(12)19-8-3-2-4-16(14)19/h5-6,10,14,16H,2-4,7-9,11H2,1H3,(H,18,21)/t14-,16-/m0/s1. The van der Waals surface area contributed by atoms with Crippen LogP contribution in [0.2, 0.25) is 0 Å². The van der Waals surface area contributed by atoms with Gasteiger partial charge in [0.25, 0.3) is 5.69 Å². The average molecular weight is 333 g/mol. The summed E-state index contributed by atoms with van der Waals surface area (Å²) in [6.45, 7) is 1.87. The quantitative estimate of drug-likeness (QED) is 0.505. The predicted molar refractivity (Wildman–Crippen MR) is 90.2 cm³/mol. The van der Waals surface area contributed by atoms with E-state index in [1.807, 2.05) is 6.07 Å². The van der Waals surface area contributed by atoms with Crippen molar-refractivity contribution in [2.75, 3.05) is 31.7 Å². The lowest BCUT2D eigenvalue weighted by molar-refractivity contribution is -0.384. The zero-order chi connectivity index (χ0) is 17.1. The molecule has 0 bridgehead atoms. The topological polar surface area (TPSA) is 84.7 Å². The highest BCUT2D eigenvalue weighted by atomic mass is 16.6. The second-order valence-electron chi connectivity index (χ2n) is 6.42. The van der Waals surface area contributed by atoms with E-state index in [0.29, 0.717) is 19.6 Å². The lowest BCUT2D eigenvalue weighted by Crippen LogP contribution is -2.53. The smallest absolute Gasteiger partial charge is 0.269 e. The van der Waals surface area contributed by atoms with Gasteiger partial charge >= 0.3 is 0 Å². The summed E-state index contributed by atoms with van der Waals surface area (Å²) >= 11 is 0. The molecule has 2 aliphatic rings. The van der Waals surface area contributed by atoms with Gasteiger partial charge in [0.05, 0.1) is 17.4 Å². The number of nitrogens with one attached hydrogen (secondary N) is 1. The molecule has 0 aromatic heterocycles. The van der Waals surface area contributed by atoms with Gasteiger partial charge in [-0.2, -0.15) is 0 Å². The second-order valence-corrected chi connectivity index (χ2v) is 6.42. The number of carbonyl (C=O) groups excluding carboxylic acids is 1. The summed E-state index contributed by atoms with van der Waals surface area (Å²) in [7, 11) is 1.60. The number of methoxy groups -OCH3 is 1. The summed E-state index contributed by atoms with van der Waals surface area (Å²) in [6, 6.07) is 5.19. The third kappa shape index (κ3) is 3.21. The molecule has 1 aromatic rings. The number of anilines is 1. The van der Waals surface area contributed by atoms with Crippen LogP contribution in [-0.4, -0.2) is 43.7 Å². The molecule has 130 valence electrons. The van der Waals surface area contributed by atoms with Gasteiger partial charge in [-0.05, 0) is 37.3 Å². The molecule has 1 fully saturated rings. The number of benzene rings is 1. The summed E-state index contributed by atoms with van der Waals surface area (Å²) < 4.78 is 4.98. The number of fused-ring (bicyclic) bond motifs is 3. The summed E-state index contributed by atoms with van der Waals surface area (Å²) in [5, 5.41) is 14.0. The molecule has 24 heavy (non-hydrogen) atoms. The summed E-state index contributed by atoms with van der Waals surface area (Å²) in [4.78, 5) is 25.6. The van der Waals surface area contributed by atoms with E-state index in [4.69, 9.17) is 4.74 Å². The summed E-state index contributed by atoms with van der Waals surface area (Å²) in [5.41, 5.74) is 2.03. The number of rotatable bonds is 5. The highest BCUT2D eigenvalue weighted by molar-refractivity contribution is 5.82. The van der Waals surface area contributed by atoms with Crippen LogP contribution < -0.4 is 10.2 Å². The van der Waals surface area contributed by atoms with Crippen molar-refractivity contribution in [3.63, 3.8) is 0 Å². The van der Waals surface area contributed by atoms with Crippen LogP contribution in [0.5, 0.6) is 0 Å². The Morgan fingerprint density at radius 3 is 3.04 bits per heavy atom. The highest BCUT2D eigenvalue weighted by Crippen LogP contribution is 2.39. The Hall–Kier alpha value is -2.15. The Bertz CT molecular complexity index is 634. The minimum absolute atomic E-state index is 0.0149. The molecule has 0 spiro atoms. The predicted octanol–water partition coefficient (Wildman–Crippen LogP) is 1.89. The van der Waals surface area contributed by atoms with E-state index in [-0.39, 0.29) is 28.5 Å². The first-order chi connectivity index (χ1) is 11.6. The molecule has 3 rings (SSSR count). The first-order valence-corrected chi connectivity index (χ1v) is 8.42. The van der Waals surface area contributed by atoms with E-state index in [9.17, 15) is 14.9 Å². The third-order valence-electron chi connectivity index (χ3n) is 4.98. The molecule has 7 nitrogen and oxygen atoms in total. The van der Waals surface area contributed by atoms with Crippen LogP contribution in [0.15, 0.2) is 18.2 Å². The lowest BCUT2D eigenvalue weighted by Gasteiger charge is -2.45. The monoisotopic (exact) mass is 333 g/mol. The molecule has 2 atom stereocenters. The number of nitrogens with zero attached hydrogens (tertiary/aromatic N) is 2. The minimum atomic E-state index is -0.379. The fourth-order valence-corrected chi connectivity index (χ4v) is 3.85. The van der Waals surface area contributed by atoms with Crippen LogP contribution in [0.25, 0.3) is 0 Å². The Morgan fingerprint density at radius 2 is 2.29 bits per heavy atom. The van der Waals surface area contributed by atoms with Crippen LogP contribution in [0.3, 0.4) is 0 Å². The average Bonchev–Trinajstić information content (AvgIpc) is 2.60. The number of carbonyl (C=O) groups is 1. The SMILES string of the molecule is COCCNC(=O)[C@H]1Cc2cc([N+](=O)[O-])ccc2N2CCCC[C@@H]12. The van der Waals surface area contributed by atoms with Gasteiger partial charge in [0.2, 0.25) is 5.91 Å². The van der Waals surface area contributed by atoms with Gasteiger partial charge in [0, 0.05) is 44.1 Å². The molecule has 1 saturated heterocycles. The van der Waals surface area contributed by atoms with Crippen molar-refractivity contribution in [2.45, 2.75) is 31.7 Å². The van der Waals surface area contributed by atoms with Crippen molar-refractivity contribution in [1.82, 2.24) is 5.32 Å². The number of hydrogen-bond acceptors (Lipinski definition) is 5. The lowest BCUT2D eigenvalue weighted by atomic mass is 9.80. The maximum absolute atomic E-state index is 12.6. The summed E-state index contributed by atoms with van der Waals surface area (Å²) in [5.74, 6) is -0.155. The molecule has 7 heteroatoms. The highest BCUT2D eigenvalue weighted by Gasteiger charge is 2.39. The molecule has 1 amide bonds. The van der Waals surface area contributed by atoms with Crippen molar-refractivity contribution in [1.29, 1.82) is 0 Å². The number of piperidine rings is 1. The van der Waals surface area contributed by atoms with Crippen molar-refractivity contribution >= 4 is 17.3 Å². The molecule has 0 unspecified atom stereocenters. The minimum Gasteiger partial charge on any atom is -0.383 e. The molecule has 0 radical (unpaired) electrons. The molecular formula is C17H23N3O4. The van der Waals surface area contributed by atoms with E-state index in [1.165, 1.54) is 0 Å². The van der Waals surface area contributed by atoms with Crippen LogP contribution >= 0.6 is 0 Å². The van der Waals surface area contributed by atoms with Crippen molar-refractivity contribution in [2.24, 2.45) is 5.92 Å². The molecular weight excluding hydrogens is 310 g/mol. The normalized spacial score (nSPS) is 22.5. The van der Waals surface area contributed by atoms with E-state index in [2.05, 4.69) is 10.2 Å². The maximum atomic E-state index is 12.6. The first kappa shape index (κ1) is 16.7. The van der Waals surface area contributed by atoms with Gasteiger partial charge in [-0.3, -0.25) is 14.9 Å². The van der Waals surface area contributed by atoms with Gasteiger partial charge < -0.3 is 15.0 Å². The molecule has 1 N–H and O–H groups in total. The van der Waals surface area contributed by atoms with E-state index < -0.39 is 0 Å². The van der Waals surface area contributed by atoms with Crippen molar-refractivity contribution in [3.05, 3.63) is 33.9 Å². The fourth-order valence-electron chi connectivity index (χ4n) is 3.85. The molecule has 2 aliphatic heterocycles. The zero-order valence-corrected chi connectivity index (χ0v) is 13.9. The molecule has 2 heterocycles. The number of ether oxygens (including phenoxy) is 1. The Labute approximate surface area is 141 Å². The van der Waals surface area contributed by atoms with Gasteiger partial charge in [0.1, 0.15) is 0 Å². The second kappa shape index (κ2) is 7.17. The van der Waals surface area contributed by atoms with Gasteiger partial charge in [-0.1, -0.05) is 0 Å². The molecule has 0 saturated carbocycles. The van der Waals surface area contributed by atoms with Crippen LogP contribution in [0.4, 0.5) is 11.4 Å².